The third kappa shape index (κ3) is 4.58. The van der Waals surface area contributed by atoms with E-state index in [0.717, 1.165) is 19.3 Å². The number of terminal acetylenes is 1. The van der Waals surface area contributed by atoms with Crippen LogP contribution in [0.4, 0.5) is 24.7 Å². The van der Waals surface area contributed by atoms with E-state index in [1.165, 1.54) is 24.4 Å². The van der Waals surface area contributed by atoms with Gasteiger partial charge in [0.05, 0.1) is 30.6 Å². The fourth-order valence-electron chi connectivity index (χ4n) is 7.77. The smallest absolute Gasteiger partial charge is 0.319 e. The molecule has 1 saturated carbocycles. The van der Waals surface area contributed by atoms with Gasteiger partial charge in [0.1, 0.15) is 35.6 Å². The number of hydrogen-bond donors (Lipinski definition) is 1. The Hall–Kier alpha value is -3.81. The molecule has 3 saturated heterocycles. The Morgan fingerprint density at radius 1 is 1.20 bits per heavy atom. The number of hydrogen-bond acceptors (Lipinski definition) is 7. The highest BCUT2D eigenvalue weighted by molar-refractivity contribution is 6.24. The van der Waals surface area contributed by atoms with Crippen molar-refractivity contribution >= 4 is 44.8 Å². The molecule has 2 aromatic carbocycles. The van der Waals surface area contributed by atoms with Gasteiger partial charge in [0.25, 0.3) is 0 Å². The quantitative estimate of drug-likeness (QED) is 0.158. The van der Waals surface area contributed by atoms with Crippen LogP contribution in [0.2, 0.25) is 0 Å². The second kappa shape index (κ2) is 10.6. The molecule has 232 valence electrons. The number of pyridine rings is 1. The molecule has 0 unspecified atom stereocenters. The Bertz CT molecular complexity index is 1990. The van der Waals surface area contributed by atoms with E-state index in [9.17, 15) is 8.78 Å². The molecule has 5 heterocycles. The minimum Gasteiger partial charge on any atom is -0.461 e. The molecule has 8 rings (SSSR count). The molecule has 11 heteroatoms. The lowest BCUT2D eigenvalue weighted by molar-refractivity contribution is 0.107. The van der Waals surface area contributed by atoms with E-state index < -0.39 is 29.9 Å². The number of halogens is 4. The zero-order chi connectivity index (χ0) is 32.8. The summed E-state index contributed by atoms with van der Waals surface area (Å²) in [5, 5.41) is 0.958. The van der Waals surface area contributed by atoms with Crippen molar-refractivity contribution in [1.82, 2.24) is 19.9 Å². The third-order valence-electron chi connectivity index (χ3n) is 9.92. The molecule has 45 heavy (non-hydrogen) atoms. The average molecular weight is 635 g/mol. The molecule has 0 spiro atoms. The second-order valence-corrected chi connectivity index (χ2v) is 13.1. The van der Waals surface area contributed by atoms with Crippen LogP contribution in [-0.2, 0) is 0 Å². The maximum Gasteiger partial charge on any atom is 0.319 e. The molecule has 4 fully saturated rings. The molecule has 0 bridgehead atoms. The number of alkyl halides is 2. The van der Waals surface area contributed by atoms with Crippen LogP contribution in [-0.4, -0.2) is 69.2 Å². The van der Waals surface area contributed by atoms with Gasteiger partial charge in [0.2, 0.25) is 0 Å². The molecule has 1 aliphatic carbocycles. The molecular weight excluding hydrogens is 601 g/mol. The second-order valence-electron chi connectivity index (χ2n) is 12.6. The lowest BCUT2D eigenvalue weighted by Crippen LogP contribution is -2.43. The summed E-state index contributed by atoms with van der Waals surface area (Å²) in [6, 6.07) is 5.44. The van der Waals surface area contributed by atoms with E-state index in [1.807, 2.05) is 4.90 Å². The number of nitrogens with zero attached hydrogens (tertiary/aromatic N) is 5. The molecule has 0 radical (unpaired) electrons. The van der Waals surface area contributed by atoms with E-state index in [2.05, 4.69) is 20.9 Å². The summed E-state index contributed by atoms with van der Waals surface area (Å²) in [7, 11) is 0. The van der Waals surface area contributed by atoms with Crippen molar-refractivity contribution in [2.75, 3.05) is 36.8 Å². The van der Waals surface area contributed by atoms with Crippen molar-refractivity contribution in [2.24, 2.45) is 5.92 Å². The van der Waals surface area contributed by atoms with E-state index in [-0.39, 0.29) is 69.4 Å². The van der Waals surface area contributed by atoms with Gasteiger partial charge < -0.3 is 15.4 Å². The van der Waals surface area contributed by atoms with Gasteiger partial charge in [0.15, 0.2) is 5.82 Å². The van der Waals surface area contributed by atoms with Crippen molar-refractivity contribution < 1.29 is 20.6 Å². The lowest BCUT2D eigenvalue weighted by Gasteiger charge is -2.31. The highest BCUT2D eigenvalue weighted by atomic mass is 35.5. The molecular formula is C34H32ClF3N6O. The molecule has 3 aliphatic heterocycles. The normalized spacial score (nSPS) is 28.7. The van der Waals surface area contributed by atoms with Gasteiger partial charge in [-0.15, -0.1) is 18.0 Å². The predicted octanol–water partition coefficient (Wildman–Crippen LogP) is 6.24. The van der Waals surface area contributed by atoms with Crippen LogP contribution < -0.4 is 15.4 Å². The first-order valence-electron chi connectivity index (χ1n) is 16.4. The van der Waals surface area contributed by atoms with E-state index in [0.29, 0.717) is 42.8 Å². The molecule has 2 N–H and O–H groups in total. The van der Waals surface area contributed by atoms with Crippen LogP contribution in [0.5, 0.6) is 6.01 Å². The lowest BCUT2D eigenvalue weighted by atomic mass is 9.95. The first-order chi connectivity index (χ1) is 22.5. The Labute approximate surface area is 266 Å². The van der Waals surface area contributed by atoms with Gasteiger partial charge >= 0.3 is 6.01 Å². The molecule has 0 amide bonds. The van der Waals surface area contributed by atoms with Gasteiger partial charge in [-0.3, -0.25) is 9.88 Å². The van der Waals surface area contributed by atoms with Gasteiger partial charge in [-0.25, -0.2) is 13.2 Å². The highest BCUT2D eigenvalue weighted by Crippen LogP contribution is 2.49. The fourth-order valence-corrected chi connectivity index (χ4v) is 8.29. The van der Waals surface area contributed by atoms with Crippen molar-refractivity contribution in [3.05, 3.63) is 47.7 Å². The topological polar surface area (TPSA) is 80.4 Å². The average Bonchev–Trinajstić information content (AvgIpc) is 3.39. The SMILES string of the molecule is [2H]C([2H])(Oc1nc(N2CCCC[C@H]3[C@H](Cl)[C@H]32)c2cnc(-c3cc(N)cc4ccc(F)c(C#C)c34)c(F)c2n1)[C@@]12CCCN1C[C@H](F)C2. The third-order valence-corrected chi connectivity index (χ3v) is 10.5. The molecule has 4 aliphatic rings. The zero-order valence-corrected chi connectivity index (χ0v) is 25.1. The van der Waals surface area contributed by atoms with Crippen LogP contribution in [0.25, 0.3) is 32.9 Å². The van der Waals surface area contributed by atoms with Gasteiger partial charge in [-0.05, 0) is 61.7 Å². The summed E-state index contributed by atoms with van der Waals surface area (Å²) < 4.78 is 70.6. The van der Waals surface area contributed by atoms with Crippen molar-refractivity contribution in [3.63, 3.8) is 0 Å². The van der Waals surface area contributed by atoms with Crippen LogP contribution in [0.15, 0.2) is 30.5 Å². The monoisotopic (exact) mass is 634 g/mol. The Kier molecular flexibility index (Phi) is 6.24. The molecule has 4 aromatic rings. The van der Waals surface area contributed by atoms with Crippen LogP contribution >= 0.6 is 11.6 Å². The van der Waals surface area contributed by atoms with E-state index >= 15 is 4.39 Å². The Balaban J connectivity index is 1.32. The van der Waals surface area contributed by atoms with Crippen molar-refractivity contribution in [2.45, 2.75) is 61.7 Å². The number of aromatic nitrogens is 3. The summed E-state index contributed by atoms with van der Waals surface area (Å²) in [5.41, 5.74) is 5.09. The molecule has 7 nitrogen and oxygen atoms in total. The number of nitrogen functional groups attached to an aromatic ring is 1. The van der Waals surface area contributed by atoms with E-state index in [4.69, 9.17) is 31.2 Å². The summed E-state index contributed by atoms with van der Waals surface area (Å²) in [5.74, 6) is 1.44. The fraction of sp³-hybridized carbons (Fsp3) is 0.441. The first-order valence-corrected chi connectivity index (χ1v) is 15.8. The number of benzene rings is 2. The summed E-state index contributed by atoms with van der Waals surface area (Å²) in [6.07, 6.45) is 9.84. The zero-order valence-electron chi connectivity index (χ0n) is 26.4. The van der Waals surface area contributed by atoms with Crippen molar-refractivity contribution in [3.8, 4) is 29.6 Å². The van der Waals surface area contributed by atoms with Crippen LogP contribution in [0.3, 0.4) is 0 Å². The first kappa shape index (κ1) is 26.4. The highest BCUT2D eigenvalue weighted by Gasteiger charge is 2.54. The summed E-state index contributed by atoms with van der Waals surface area (Å²) >= 11 is 6.72. The number of ether oxygens (including phenoxy) is 1. The Morgan fingerprint density at radius 3 is 2.91 bits per heavy atom. The van der Waals surface area contributed by atoms with Gasteiger partial charge in [0, 0.05) is 42.3 Å². The maximum atomic E-state index is 17.0. The Morgan fingerprint density at radius 2 is 2.07 bits per heavy atom. The van der Waals surface area contributed by atoms with Gasteiger partial charge in [-0.2, -0.15) is 9.97 Å². The number of fused-ring (bicyclic) bond motifs is 4. The minimum absolute atomic E-state index is 0.0246. The molecule has 2 aromatic heterocycles. The van der Waals surface area contributed by atoms with E-state index in [1.54, 1.807) is 11.0 Å². The number of anilines is 2. The predicted molar refractivity (Wildman–Crippen MR) is 169 cm³/mol. The maximum absolute atomic E-state index is 17.0. The number of nitrogens with two attached hydrogens (primary N) is 1. The molecule has 5 atom stereocenters. The minimum atomic E-state index is -2.39. The van der Waals surface area contributed by atoms with Crippen LogP contribution in [0.1, 0.15) is 46.8 Å². The van der Waals surface area contributed by atoms with Crippen molar-refractivity contribution in [1.29, 1.82) is 0 Å². The van der Waals surface area contributed by atoms with Gasteiger partial charge in [-0.1, -0.05) is 18.4 Å². The summed E-state index contributed by atoms with van der Waals surface area (Å²) in [4.78, 5) is 17.5. The standard InChI is InChI=1S/C34H32ClF3N6O/c1-2-21-25(37)8-7-18-12-20(39)13-23(26(18)21)29-28(38)30-24(15-40-29)32(44-11-4-3-6-22-27(35)31(22)44)42-33(41-30)45-17-34-9-5-10-43(34)16-19(36)14-34/h1,7-8,12-13,15,19,22,27,31H,3-6,9-11,14,16-17,39H2/t19-,22+,27+,31+,34+/m1/s1/i17D2. The van der Waals surface area contributed by atoms with Crippen LogP contribution in [0, 0.1) is 29.9 Å². The largest absolute Gasteiger partial charge is 0.461 e. The summed E-state index contributed by atoms with van der Waals surface area (Å²) in [6.45, 7) is -1.11. The number of rotatable bonds is 5.